The van der Waals surface area contributed by atoms with Gasteiger partial charge in [0.25, 0.3) is 5.91 Å². The average Bonchev–Trinajstić information content (AvgIpc) is 3.06. The molecule has 2 aromatic rings. The fourth-order valence-corrected chi connectivity index (χ4v) is 2.75. The van der Waals surface area contributed by atoms with Gasteiger partial charge in [-0.2, -0.15) is 0 Å². The van der Waals surface area contributed by atoms with Gasteiger partial charge >= 0.3 is 0 Å². The molecular formula is C17H19ClN2O3. The molecule has 1 aromatic carbocycles. The quantitative estimate of drug-likeness (QED) is 0.857. The molecular weight excluding hydrogens is 316 g/mol. The van der Waals surface area contributed by atoms with E-state index in [2.05, 4.69) is 5.16 Å². The second-order valence-corrected chi connectivity index (χ2v) is 6.03. The lowest BCUT2D eigenvalue weighted by Crippen LogP contribution is -2.41. The van der Waals surface area contributed by atoms with Crippen LogP contribution in [0.15, 0.2) is 34.9 Å². The van der Waals surface area contributed by atoms with Crippen molar-refractivity contribution in [3.8, 4) is 5.75 Å². The van der Waals surface area contributed by atoms with E-state index >= 15 is 0 Å². The molecule has 0 spiro atoms. The molecule has 0 unspecified atom stereocenters. The summed E-state index contributed by atoms with van der Waals surface area (Å²) in [6.07, 6.45) is 2.44. The Morgan fingerprint density at radius 2 is 2.04 bits per heavy atom. The first-order chi connectivity index (χ1) is 11.2. The summed E-state index contributed by atoms with van der Waals surface area (Å²) in [4.78, 5) is 14.2. The zero-order valence-electron chi connectivity index (χ0n) is 13.0. The van der Waals surface area contributed by atoms with Crippen LogP contribution in [0.2, 0.25) is 5.02 Å². The van der Waals surface area contributed by atoms with Crippen LogP contribution in [0.1, 0.15) is 36.0 Å². The van der Waals surface area contributed by atoms with Gasteiger partial charge in [0.2, 0.25) is 0 Å². The molecule has 2 heterocycles. The van der Waals surface area contributed by atoms with Crippen LogP contribution in [0.5, 0.6) is 5.75 Å². The number of hydrogen-bond donors (Lipinski definition) is 0. The van der Waals surface area contributed by atoms with Crippen LogP contribution in [0.25, 0.3) is 0 Å². The van der Waals surface area contributed by atoms with E-state index < -0.39 is 0 Å². The van der Waals surface area contributed by atoms with Gasteiger partial charge in [-0.1, -0.05) is 23.7 Å². The first-order valence-electron chi connectivity index (χ1n) is 7.83. The highest BCUT2D eigenvalue weighted by molar-refractivity contribution is 6.30. The Hall–Kier alpha value is -2.01. The number of carbonyl (C=O) groups is 1. The number of nitrogens with zero attached hydrogens (tertiary/aromatic N) is 2. The van der Waals surface area contributed by atoms with E-state index in [0.717, 1.165) is 30.8 Å². The minimum atomic E-state index is -0.0709. The highest BCUT2D eigenvalue weighted by Crippen LogP contribution is 2.22. The molecule has 0 aliphatic carbocycles. The Labute approximate surface area is 140 Å². The van der Waals surface area contributed by atoms with Crippen LogP contribution >= 0.6 is 11.6 Å². The molecule has 1 amide bonds. The van der Waals surface area contributed by atoms with Crippen LogP contribution in [-0.4, -0.2) is 35.2 Å². The Morgan fingerprint density at radius 1 is 1.35 bits per heavy atom. The number of likely N-dealkylation sites (tertiary alicyclic amines) is 1. The van der Waals surface area contributed by atoms with Gasteiger partial charge in [-0.15, -0.1) is 0 Å². The molecule has 0 bridgehead atoms. The zero-order chi connectivity index (χ0) is 16.2. The van der Waals surface area contributed by atoms with Gasteiger partial charge in [0, 0.05) is 43.4 Å². The molecule has 1 aromatic heterocycles. The number of hydrogen-bond acceptors (Lipinski definition) is 4. The van der Waals surface area contributed by atoms with Crippen LogP contribution in [0.3, 0.4) is 0 Å². The van der Waals surface area contributed by atoms with E-state index in [1.165, 1.54) is 0 Å². The van der Waals surface area contributed by atoms with Gasteiger partial charge in [-0.3, -0.25) is 4.79 Å². The zero-order valence-corrected chi connectivity index (χ0v) is 13.8. The number of ether oxygens (including phenoxy) is 1. The summed E-state index contributed by atoms with van der Waals surface area (Å²) in [5, 5.41) is 4.54. The third-order valence-electron chi connectivity index (χ3n) is 3.97. The predicted octanol–water partition coefficient (Wildman–Crippen LogP) is 3.57. The molecule has 3 rings (SSSR count). The molecule has 0 N–H and O–H groups in total. The fourth-order valence-electron chi connectivity index (χ4n) is 2.62. The first kappa shape index (κ1) is 15.9. The van der Waals surface area contributed by atoms with E-state index in [4.69, 9.17) is 20.9 Å². The molecule has 1 aliphatic heterocycles. The highest BCUT2D eigenvalue weighted by atomic mass is 35.5. The number of halogens is 1. The number of aryl methyl sites for hydroxylation is 1. The number of benzene rings is 1. The van der Waals surface area contributed by atoms with E-state index in [-0.39, 0.29) is 12.0 Å². The maximum absolute atomic E-state index is 12.4. The Bertz CT molecular complexity index is 661. The Balaban J connectivity index is 1.53. The molecule has 0 radical (unpaired) electrons. The van der Waals surface area contributed by atoms with E-state index in [1.54, 1.807) is 11.0 Å². The van der Waals surface area contributed by atoms with Crippen molar-refractivity contribution in [3.05, 3.63) is 46.8 Å². The van der Waals surface area contributed by atoms with E-state index in [9.17, 15) is 4.79 Å². The summed E-state index contributed by atoms with van der Waals surface area (Å²) >= 11 is 5.87. The molecule has 5 nitrogen and oxygen atoms in total. The molecule has 1 aliphatic rings. The smallest absolute Gasteiger partial charge is 0.276 e. The third kappa shape index (κ3) is 3.85. The summed E-state index contributed by atoms with van der Waals surface area (Å²) in [6, 6.07) is 9.07. The SMILES string of the molecule is CCc1cc(C(=O)N2CCC(Oc3ccc(Cl)cc3)CC2)no1. The van der Waals surface area contributed by atoms with Crippen LogP contribution < -0.4 is 4.74 Å². The van der Waals surface area contributed by atoms with Crippen LogP contribution in [-0.2, 0) is 6.42 Å². The Morgan fingerprint density at radius 3 is 2.65 bits per heavy atom. The molecule has 1 fully saturated rings. The summed E-state index contributed by atoms with van der Waals surface area (Å²) in [5.74, 6) is 1.47. The summed E-state index contributed by atoms with van der Waals surface area (Å²) in [7, 11) is 0. The van der Waals surface area contributed by atoms with Crippen molar-refractivity contribution in [2.45, 2.75) is 32.3 Å². The second-order valence-electron chi connectivity index (χ2n) is 5.60. The van der Waals surface area contributed by atoms with Gasteiger partial charge in [0.05, 0.1) is 0 Å². The molecule has 122 valence electrons. The lowest BCUT2D eigenvalue weighted by Gasteiger charge is -2.31. The lowest BCUT2D eigenvalue weighted by atomic mass is 10.1. The first-order valence-corrected chi connectivity index (χ1v) is 8.20. The average molecular weight is 335 g/mol. The summed E-state index contributed by atoms with van der Waals surface area (Å²) < 4.78 is 11.0. The van der Waals surface area contributed by atoms with Crippen molar-refractivity contribution in [3.63, 3.8) is 0 Å². The fraction of sp³-hybridized carbons (Fsp3) is 0.412. The maximum atomic E-state index is 12.4. The second kappa shape index (κ2) is 7.04. The normalized spacial score (nSPS) is 15.7. The lowest BCUT2D eigenvalue weighted by molar-refractivity contribution is 0.0586. The number of aromatic nitrogens is 1. The largest absolute Gasteiger partial charge is 0.490 e. The Kier molecular flexibility index (Phi) is 4.86. The monoisotopic (exact) mass is 334 g/mol. The van der Waals surface area contributed by atoms with E-state index in [0.29, 0.717) is 23.8 Å². The maximum Gasteiger partial charge on any atom is 0.276 e. The van der Waals surface area contributed by atoms with Crippen molar-refractivity contribution in [2.24, 2.45) is 0 Å². The van der Waals surface area contributed by atoms with Crippen molar-refractivity contribution < 1.29 is 14.1 Å². The molecule has 6 heteroatoms. The topological polar surface area (TPSA) is 55.6 Å². The number of rotatable bonds is 4. The van der Waals surface area contributed by atoms with Gasteiger partial charge in [-0.05, 0) is 24.3 Å². The minimum Gasteiger partial charge on any atom is -0.490 e. The van der Waals surface area contributed by atoms with Gasteiger partial charge in [-0.25, -0.2) is 0 Å². The van der Waals surface area contributed by atoms with Crippen LogP contribution in [0.4, 0.5) is 0 Å². The van der Waals surface area contributed by atoms with Crippen molar-refractivity contribution in [1.82, 2.24) is 10.1 Å². The van der Waals surface area contributed by atoms with Crippen LogP contribution in [0, 0.1) is 0 Å². The summed E-state index contributed by atoms with van der Waals surface area (Å²) in [6.45, 7) is 3.28. The van der Waals surface area contributed by atoms with Gasteiger partial charge < -0.3 is 14.2 Å². The predicted molar refractivity (Wildman–Crippen MR) is 86.9 cm³/mol. The summed E-state index contributed by atoms with van der Waals surface area (Å²) in [5.41, 5.74) is 0.388. The van der Waals surface area contributed by atoms with E-state index in [1.807, 2.05) is 31.2 Å². The molecule has 0 atom stereocenters. The van der Waals surface area contributed by atoms with Crippen molar-refractivity contribution in [1.29, 1.82) is 0 Å². The number of amides is 1. The number of piperidine rings is 1. The van der Waals surface area contributed by atoms with Gasteiger partial charge in [0.15, 0.2) is 5.69 Å². The number of carbonyl (C=O) groups excluding carboxylic acids is 1. The van der Waals surface area contributed by atoms with Gasteiger partial charge in [0.1, 0.15) is 17.6 Å². The highest BCUT2D eigenvalue weighted by Gasteiger charge is 2.26. The standard InChI is InChI=1S/C17H19ClN2O3/c1-2-13-11-16(19-23-13)17(21)20-9-7-15(8-10-20)22-14-5-3-12(18)4-6-14/h3-6,11,15H,2,7-10H2,1H3. The third-order valence-corrected chi connectivity index (χ3v) is 4.22. The van der Waals surface area contributed by atoms with Crippen molar-refractivity contribution >= 4 is 17.5 Å². The van der Waals surface area contributed by atoms with Crippen molar-refractivity contribution in [2.75, 3.05) is 13.1 Å². The molecule has 23 heavy (non-hydrogen) atoms. The minimum absolute atomic E-state index is 0.0709. The molecule has 1 saturated heterocycles. The molecule has 0 saturated carbocycles.